The minimum atomic E-state index is -0.591. The first-order chi connectivity index (χ1) is 17.4. The Morgan fingerprint density at radius 2 is 1.67 bits per heavy atom. The van der Waals surface area contributed by atoms with Crippen LogP contribution in [0.3, 0.4) is 0 Å². The van der Waals surface area contributed by atoms with Crippen LogP contribution in [0.5, 0.6) is 0 Å². The Balaban J connectivity index is 1.75. The lowest BCUT2D eigenvalue weighted by molar-refractivity contribution is -0.138. The van der Waals surface area contributed by atoms with Crippen molar-refractivity contribution in [3.05, 3.63) is 106 Å². The summed E-state index contributed by atoms with van der Waals surface area (Å²) in [6.07, 6.45) is 1.47. The molecule has 1 N–H and O–H groups in total. The van der Waals surface area contributed by atoms with E-state index in [1.165, 1.54) is 35.2 Å². The van der Waals surface area contributed by atoms with Crippen molar-refractivity contribution < 1.29 is 18.4 Å². The first-order valence-corrected chi connectivity index (χ1v) is 11.4. The molecular weight excluding hydrogens is 463 g/mol. The summed E-state index contributed by atoms with van der Waals surface area (Å²) in [6.45, 7) is 2.22. The van der Waals surface area contributed by atoms with Crippen molar-refractivity contribution in [2.24, 2.45) is 0 Å². The zero-order valence-electron chi connectivity index (χ0n) is 19.7. The Hall–Kier alpha value is -4.66. The van der Waals surface area contributed by atoms with E-state index in [1.54, 1.807) is 36.2 Å². The van der Waals surface area contributed by atoms with Crippen LogP contribution in [0.2, 0.25) is 0 Å². The van der Waals surface area contributed by atoms with Crippen LogP contribution in [-0.2, 0) is 16.1 Å². The van der Waals surface area contributed by atoms with E-state index in [1.807, 2.05) is 25.1 Å². The first-order valence-electron chi connectivity index (χ1n) is 11.4. The molecule has 0 fully saturated rings. The highest BCUT2D eigenvalue weighted by Gasteiger charge is 2.43. The van der Waals surface area contributed by atoms with Crippen molar-refractivity contribution in [2.45, 2.75) is 13.5 Å². The highest BCUT2D eigenvalue weighted by Crippen LogP contribution is 2.35. The Morgan fingerprint density at radius 3 is 2.31 bits per heavy atom. The number of benzene rings is 2. The molecule has 0 spiro atoms. The zero-order valence-corrected chi connectivity index (χ0v) is 19.7. The van der Waals surface area contributed by atoms with E-state index in [-0.39, 0.29) is 23.4 Å². The Bertz CT molecular complexity index is 1520. The number of likely N-dealkylation sites (N-methyl/N-ethyl adjacent to an activating group) is 1. The number of carbonyl (C=O) groups excluding carboxylic acids is 2. The van der Waals surface area contributed by atoms with E-state index < -0.39 is 23.2 Å². The predicted octanol–water partition coefficient (Wildman–Crippen LogP) is 3.80. The van der Waals surface area contributed by atoms with Crippen LogP contribution in [0.15, 0.2) is 87.9 Å². The summed E-state index contributed by atoms with van der Waals surface area (Å²) >= 11 is 0. The number of rotatable bonds is 7. The average molecular weight is 487 g/mol. The highest BCUT2D eigenvalue weighted by atomic mass is 19.1. The first kappa shape index (κ1) is 23.1. The number of nitrogens with one attached hydrogen (secondary N) is 1. The number of imide groups is 1. The predicted molar refractivity (Wildman–Crippen MR) is 131 cm³/mol. The van der Waals surface area contributed by atoms with Gasteiger partial charge in [-0.2, -0.15) is 0 Å². The van der Waals surface area contributed by atoms with Crippen molar-refractivity contribution in [1.29, 1.82) is 0 Å². The molecule has 0 saturated heterocycles. The Kier molecular flexibility index (Phi) is 5.89. The lowest BCUT2D eigenvalue weighted by Crippen LogP contribution is -2.33. The maximum Gasteiger partial charge on any atom is 0.280 e. The van der Waals surface area contributed by atoms with Crippen LogP contribution in [0, 0.1) is 5.82 Å². The summed E-state index contributed by atoms with van der Waals surface area (Å²) in [4.78, 5) is 43.9. The number of hydrogen-bond acceptors (Lipinski definition) is 5. The second kappa shape index (κ2) is 9.18. The van der Waals surface area contributed by atoms with Gasteiger partial charge in [0.25, 0.3) is 17.4 Å². The fraction of sp³-hybridized carbons (Fsp3) is 0.148. The van der Waals surface area contributed by atoms with E-state index in [0.717, 1.165) is 4.90 Å². The van der Waals surface area contributed by atoms with Gasteiger partial charge in [-0.15, -0.1) is 0 Å². The number of nitrogens with zero attached hydrogens (tertiary/aromatic N) is 3. The standard InChI is InChI=1S/C27H23FN4O4/c1-3-30(2)24-22(25(33)31(27(24)35)16-20-10-7-15-36-20)21-23(17-8-5-4-6-9-17)29-32(26(21)34)19-13-11-18(28)12-14-19/h4-15,29H,3,16H2,1-2H3. The topological polar surface area (TPSA) is 91.6 Å². The lowest BCUT2D eigenvalue weighted by Gasteiger charge is -2.19. The minimum Gasteiger partial charge on any atom is -0.467 e. The summed E-state index contributed by atoms with van der Waals surface area (Å²) < 4.78 is 20.2. The van der Waals surface area contributed by atoms with Gasteiger partial charge >= 0.3 is 0 Å². The van der Waals surface area contributed by atoms with Gasteiger partial charge in [-0.25, -0.2) is 9.07 Å². The molecule has 5 rings (SSSR count). The average Bonchev–Trinajstić information content (AvgIpc) is 3.59. The fourth-order valence-electron chi connectivity index (χ4n) is 4.26. The number of aromatic amines is 1. The summed E-state index contributed by atoms with van der Waals surface area (Å²) in [5.74, 6) is -1.10. The van der Waals surface area contributed by atoms with Gasteiger partial charge in [0, 0.05) is 19.2 Å². The fourth-order valence-corrected chi connectivity index (χ4v) is 4.26. The molecule has 1 aliphatic heterocycles. The van der Waals surface area contributed by atoms with E-state index in [2.05, 4.69) is 5.10 Å². The van der Waals surface area contributed by atoms with Crippen LogP contribution in [0.25, 0.3) is 22.5 Å². The molecule has 0 radical (unpaired) electrons. The highest BCUT2D eigenvalue weighted by molar-refractivity contribution is 6.36. The number of furan rings is 1. The van der Waals surface area contributed by atoms with Gasteiger partial charge in [-0.3, -0.25) is 24.4 Å². The second-order valence-corrected chi connectivity index (χ2v) is 8.36. The third-order valence-electron chi connectivity index (χ3n) is 6.18. The number of amides is 2. The summed E-state index contributed by atoms with van der Waals surface area (Å²) in [5, 5.41) is 3.08. The number of hydrogen-bond donors (Lipinski definition) is 1. The molecule has 0 aliphatic carbocycles. The summed E-state index contributed by atoms with van der Waals surface area (Å²) in [6, 6.07) is 17.8. The molecule has 2 aromatic carbocycles. The van der Waals surface area contributed by atoms with Crippen molar-refractivity contribution in [3.8, 4) is 16.9 Å². The number of carbonyl (C=O) groups is 2. The van der Waals surface area contributed by atoms with Crippen molar-refractivity contribution in [2.75, 3.05) is 13.6 Å². The summed E-state index contributed by atoms with van der Waals surface area (Å²) in [5.41, 5.74) is 1.11. The molecular formula is C27H23FN4O4. The summed E-state index contributed by atoms with van der Waals surface area (Å²) in [7, 11) is 1.70. The van der Waals surface area contributed by atoms with E-state index in [0.29, 0.717) is 29.2 Å². The van der Waals surface area contributed by atoms with Gasteiger partial charge in [0.05, 0.1) is 35.3 Å². The van der Waals surface area contributed by atoms with Crippen molar-refractivity contribution in [3.63, 3.8) is 0 Å². The maximum atomic E-state index is 13.9. The Morgan fingerprint density at radius 1 is 0.944 bits per heavy atom. The molecule has 4 aromatic rings. The molecule has 1 aliphatic rings. The minimum absolute atomic E-state index is 0.0110. The van der Waals surface area contributed by atoms with Crippen LogP contribution in [-0.4, -0.2) is 45.0 Å². The molecule has 0 saturated carbocycles. The third-order valence-corrected chi connectivity index (χ3v) is 6.18. The number of aromatic nitrogens is 2. The van der Waals surface area contributed by atoms with Gasteiger partial charge in [-0.05, 0) is 43.3 Å². The molecule has 3 heterocycles. The second-order valence-electron chi connectivity index (χ2n) is 8.36. The SMILES string of the molecule is CCN(C)C1=C(c2c(-c3ccccc3)[nH]n(-c3ccc(F)cc3)c2=O)C(=O)N(Cc2ccco2)C1=O. The number of H-pyrrole nitrogens is 1. The van der Waals surface area contributed by atoms with Gasteiger partial charge in [0.2, 0.25) is 0 Å². The normalized spacial score (nSPS) is 13.7. The van der Waals surface area contributed by atoms with Crippen molar-refractivity contribution in [1.82, 2.24) is 19.6 Å². The van der Waals surface area contributed by atoms with Crippen LogP contribution >= 0.6 is 0 Å². The lowest BCUT2D eigenvalue weighted by atomic mass is 10.00. The van der Waals surface area contributed by atoms with E-state index in [4.69, 9.17) is 4.42 Å². The van der Waals surface area contributed by atoms with E-state index >= 15 is 0 Å². The van der Waals surface area contributed by atoms with Crippen LogP contribution in [0.1, 0.15) is 18.2 Å². The Labute approximate surface area is 205 Å². The third kappa shape index (κ3) is 3.84. The van der Waals surface area contributed by atoms with Gasteiger partial charge < -0.3 is 9.32 Å². The van der Waals surface area contributed by atoms with Crippen LogP contribution in [0.4, 0.5) is 4.39 Å². The quantitative estimate of drug-likeness (QED) is 0.402. The van der Waals surface area contributed by atoms with E-state index in [9.17, 15) is 18.8 Å². The molecule has 0 atom stereocenters. The van der Waals surface area contributed by atoms with Gasteiger partial charge in [0.1, 0.15) is 17.3 Å². The number of halogens is 1. The van der Waals surface area contributed by atoms with Gasteiger partial charge in [0.15, 0.2) is 0 Å². The van der Waals surface area contributed by atoms with Crippen LogP contribution < -0.4 is 5.56 Å². The molecule has 0 bridgehead atoms. The molecule has 0 unspecified atom stereocenters. The van der Waals surface area contributed by atoms with Crippen molar-refractivity contribution >= 4 is 17.4 Å². The van der Waals surface area contributed by atoms with Gasteiger partial charge in [-0.1, -0.05) is 30.3 Å². The monoisotopic (exact) mass is 486 g/mol. The largest absolute Gasteiger partial charge is 0.467 e. The molecule has 182 valence electrons. The maximum absolute atomic E-state index is 13.9. The molecule has 36 heavy (non-hydrogen) atoms. The molecule has 2 aromatic heterocycles. The molecule has 8 nitrogen and oxygen atoms in total. The molecule has 2 amide bonds. The molecule has 9 heteroatoms. The smallest absolute Gasteiger partial charge is 0.280 e. The zero-order chi connectivity index (χ0) is 25.4.